The Balaban J connectivity index is 1.79. The fourth-order valence-electron chi connectivity index (χ4n) is 4.56. The van der Waals surface area contributed by atoms with Crippen molar-refractivity contribution in [3.8, 4) is 5.75 Å². The van der Waals surface area contributed by atoms with Gasteiger partial charge >= 0.3 is 0 Å². The third-order valence-electron chi connectivity index (χ3n) is 5.57. The number of rotatable bonds is 7. The van der Waals surface area contributed by atoms with Gasteiger partial charge in [-0.25, -0.2) is 0 Å². The summed E-state index contributed by atoms with van der Waals surface area (Å²) in [6.45, 7) is 14.4. The van der Waals surface area contributed by atoms with Crippen molar-refractivity contribution < 1.29 is 9.47 Å². The van der Waals surface area contributed by atoms with Crippen molar-refractivity contribution in [2.45, 2.75) is 52.2 Å². The molecule has 2 heterocycles. The minimum Gasteiger partial charge on any atom is -0.494 e. The number of hydrogen-bond acceptors (Lipinski definition) is 3. The summed E-state index contributed by atoms with van der Waals surface area (Å²) in [5.74, 6) is 2.32. The van der Waals surface area contributed by atoms with Crippen molar-refractivity contribution in [2.75, 3.05) is 26.3 Å². The van der Waals surface area contributed by atoms with E-state index in [9.17, 15) is 0 Å². The summed E-state index contributed by atoms with van der Waals surface area (Å²) in [7, 11) is 0. The average molecular weight is 469 g/mol. The molecule has 0 amide bonds. The SMILES string of the molecule is C=C(I)CO[C@@H]1C[C@@H]2c3ccc(OCC)cc3CCN2C[C@H]1CC(C)C. The molecule has 1 aromatic carbocycles. The molecule has 0 unspecified atom stereocenters. The maximum Gasteiger partial charge on any atom is 0.119 e. The first-order chi connectivity index (χ1) is 12.5. The molecule has 0 bridgehead atoms. The minimum absolute atomic E-state index is 0.322. The molecule has 1 saturated heterocycles. The van der Waals surface area contributed by atoms with Gasteiger partial charge in [0.1, 0.15) is 5.75 Å². The molecule has 1 fully saturated rings. The molecule has 1 aromatic rings. The van der Waals surface area contributed by atoms with Gasteiger partial charge in [0.15, 0.2) is 0 Å². The normalized spacial score (nSPS) is 25.7. The van der Waals surface area contributed by atoms with E-state index in [1.54, 1.807) is 0 Å². The lowest BCUT2D eigenvalue weighted by molar-refractivity contribution is -0.0553. The summed E-state index contributed by atoms with van der Waals surface area (Å²) in [4.78, 5) is 2.69. The molecular formula is C22H32INO2. The first-order valence-corrected chi connectivity index (χ1v) is 11.0. The summed E-state index contributed by atoms with van der Waals surface area (Å²) in [6, 6.07) is 7.15. The van der Waals surface area contributed by atoms with Crippen LogP contribution in [0.3, 0.4) is 0 Å². The quantitative estimate of drug-likeness (QED) is 0.501. The van der Waals surface area contributed by atoms with Gasteiger partial charge in [-0.2, -0.15) is 0 Å². The van der Waals surface area contributed by atoms with Crippen molar-refractivity contribution in [1.82, 2.24) is 4.90 Å². The molecule has 3 nitrogen and oxygen atoms in total. The lowest BCUT2D eigenvalue weighted by Crippen LogP contribution is -2.49. The van der Waals surface area contributed by atoms with Crippen LogP contribution in [0.2, 0.25) is 0 Å². The second kappa shape index (κ2) is 9.07. The molecular weight excluding hydrogens is 437 g/mol. The highest BCUT2D eigenvalue weighted by Crippen LogP contribution is 2.42. The van der Waals surface area contributed by atoms with Gasteiger partial charge in [-0.05, 0) is 83.9 Å². The zero-order chi connectivity index (χ0) is 18.7. The zero-order valence-electron chi connectivity index (χ0n) is 16.3. The molecule has 0 saturated carbocycles. The van der Waals surface area contributed by atoms with Crippen LogP contribution in [0.15, 0.2) is 28.4 Å². The first-order valence-electron chi connectivity index (χ1n) is 9.92. The van der Waals surface area contributed by atoms with E-state index < -0.39 is 0 Å². The van der Waals surface area contributed by atoms with Crippen LogP contribution in [0.5, 0.6) is 5.75 Å². The molecule has 0 N–H and O–H groups in total. The lowest BCUT2D eigenvalue weighted by atomic mass is 9.79. The predicted molar refractivity (Wildman–Crippen MR) is 116 cm³/mol. The van der Waals surface area contributed by atoms with E-state index in [-0.39, 0.29) is 0 Å². The van der Waals surface area contributed by atoms with Crippen LogP contribution in [-0.4, -0.2) is 37.3 Å². The molecule has 2 aliphatic rings. The number of fused-ring (bicyclic) bond motifs is 3. The largest absolute Gasteiger partial charge is 0.494 e. The Kier molecular flexibility index (Phi) is 7.03. The molecule has 26 heavy (non-hydrogen) atoms. The Bertz CT molecular complexity index is 631. The molecule has 4 heteroatoms. The summed E-state index contributed by atoms with van der Waals surface area (Å²) >= 11 is 2.28. The molecule has 0 spiro atoms. The maximum absolute atomic E-state index is 6.33. The topological polar surface area (TPSA) is 21.7 Å². The molecule has 144 valence electrons. The van der Waals surface area contributed by atoms with E-state index in [0.29, 0.717) is 30.6 Å². The Morgan fingerprint density at radius 2 is 2.19 bits per heavy atom. The Morgan fingerprint density at radius 3 is 2.88 bits per heavy atom. The summed E-state index contributed by atoms with van der Waals surface area (Å²) in [5.41, 5.74) is 2.93. The minimum atomic E-state index is 0.322. The number of nitrogens with zero attached hydrogens (tertiary/aromatic N) is 1. The monoisotopic (exact) mass is 469 g/mol. The van der Waals surface area contributed by atoms with Crippen LogP contribution in [0.4, 0.5) is 0 Å². The number of benzene rings is 1. The van der Waals surface area contributed by atoms with E-state index in [4.69, 9.17) is 9.47 Å². The van der Waals surface area contributed by atoms with Gasteiger partial charge in [0.05, 0.1) is 19.3 Å². The van der Waals surface area contributed by atoms with Crippen molar-refractivity contribution in [3.63, 3.8) is 0 Å². The van der Waals surface area contributed by atoms with E-state index in [0.717, 1.165) is 41.9 Å². The van der Waals surface area contributed by atoms with Gasteiger partial charge in [-0.3, -0.25) is 4.90 Å². The fourth-order valence-corrected chi connectivity index (χ4v) is 4.74. The number of halogens is 1. The summed E-state index contributed by atoms with van der Waals surface area (Å²) < 4.78 is 13.1. The first kappa shape index (κ1) is 20.2. The second-order valence-corrected chi connectivity index (χ2v) is 9.57. The Morgan fingerprint density at radius 1 is 1.38 bits per heavy atom. The molecule has 0 aliphatic carbocycles. The molecule has 0 radical (unpaired) electrons. The summed E-state index contributed by atoms with van der Waals surface area (Å²) in [6.07, 6.45) is 3.76. The molecule has 3 rings (SSSR count). The van der Waals surface area contributed by atoms with E-state index in [2.05, 4.69) is 66.1 Å². The average Bonchev–Trinajstić information content (AvgIpc) is 2.59. The van der Waals surface area contributed by atoms with Crippen LogP contribution in [-0.2, 0) is 11.2 Å². The highest BCUT2D eigenvalue weighted by Gasteiger charge is 2.39. The van der Waals surface area contributed by atoms with Crippen LogP contribution < -0.4 is 4.74 Å². The Hall–Kier alpha value is -0.590. The van der Waals surface area contributed by atoms with Gasteiger partial charge in [0.25, 0.3) is 0 Å². The van der Waals surface area contributed by atoms with Crippen molar-refractivity contribution in [1.29, 1.82) is 0 Å². The molecule has 0 aromatic heterocycles. The second-order valence-electron chi connectivity index (χ2n) is 8.05. The smallest absolute Gasteiger partial charge is 0.119 e. The molecule has 3 atom stereocenters. The van der Waals surface area contributed by atoms with Crippen molar-refractivity contribution >= 4 is 22.6 Å². The van der Waals surface area contributed by atoms with Crippen LogP contribution in [0.25, 0.3) is 0 Å². The van der Waals surface area contributed by atoms with Crippen LogP contribution in [0.1, 0.15) is 50.8 Å². The van der Waals surface area contributed by atoms with Crippen molar-refractivity contribution in [2.24, 2.45) is 11.8 Å². The predicted octanol–water partition coefficient (Wildman–Crippen LogP) is 5.38. The third-order valence-corrected chi connectivity index (χ3v) is 5.88. The standard InChI is InChI=1S/C22H32INO2/c1-5-25-19-6-7-20-17(11-19)8-9-24-13-18(10-15(2)3)22(12-21(20)24)26-14-16(4)23/h6-7,11,15,18,21-22H,4-5,8-10,12-14H2,1-3H3/t18-,21-,22-/m1/s1. The van der Waals surface area contributed by atoms with Crippen molar-refractivity contribution in [3.05, 3.63) is 39.5 Å². The number of ether oxygens (including phenoxy) is 2. The van der Waals surface area contributed by atoms with Gasteiger partial charge in [0.2, 0.25) is 0 Å². The Labute approximate surface area is 172 Å². The van der Waals surface area contributed by atoms with E-state index in [1.807, 2.05) is 6.92 Å². The van der Waals surface area contributed by atoms with Crippen LogP contribution in [0, 0.1) is 11.8 Å². The van der Waals surface area contributed by atoms with Gasteiger partial charge in [-0.15, -0.1) is 0 Å². The maximum atomic E-state index is 6.33. The highest BCUT2D eigenvalue weighted by atomic mass is 127. The van der Waals surface area contributed by atoms with Gasteiger partial charge in [0, 0.05) is 22.7 Å². The number of hydrogen-bond donors (Lipinski definition) is 0. The van der Waals surface area contributed by atoms with E-state index >= 15 is 0 Å². The fraction of sp³-hybridized carbons (Fsp3) is 0.636. The highest BCUT2D eigenvalue weighted by molar-refractivity contribution is 14.1. The number of piperidine rings is 1. The zero-order valence-corrected chi connectivity index (χ0v) is 18.5. The van der Waals surface area contributed by atoms with Gasteiger partial charge in [-0.1, -0.05) is 26.5 Å². The third kappa shape index (κ3) is 4.82. The van der Waals surface area contributed by atoms with Gasteiger partial charge < -0.3 is 9.47 Å². The molecule has 2 aliphatic heterocycles. The lowest BCUT2D eigenvalue weighted by Gasteiger charge is -2.47. The van der Waals surface area contributed by atoms with Crippen LogP contribution >= 0.6 is 22.6 Å². The summed E-state index contributed by atoms with van der Waals surface area (Å²) in [5, 5.41) is 0. The van der Waals surface area contributed by atoms with E-state index in [1.165, 1.54) is 17.5 Å².